The maximum absolute atomic E-state index is 11.3. The summed E-state index contributed by atoms with van der Waals surface area (Å²) in [4.78, 5) is 16.7. The van der Waals surface area contributed by atoms with Gasteiger partial charge in [-0.15, -0.1) is 22.7 Å². The number of carbonyl (C=O) groups is 1. The lowest BCUT2D eigenvalue weighted by molar-refractivity contribution is -0.149. The summed E-state index contributed by atoms with van der Waals surface area (Å²) in [7, 11) is 0. The van der Waals surface area contributed by atoms with Crippen molar-refractivity contribution in [2.75, 3.05) is 13.2 Å². The van der Waals surface area contributed by atoms with Crippen LogP contribution in [-0.2, 0) is 15.3 Å². The van der Waals surface area contributed by atoms with Crippen LogP contribution < -0.4 is 0 Å². The summed E-state index contributed by atoms with van der Waals surface area (Å²) in [6.07, 6.45) is 0. The molecule has 132 valence electrons. The highest BCUT2D eigenvalue weighted by atomic mass is 32.1. The van der Waals surface area contributed by atoms with Crippen molar-refractivity contribution in [3.63, 3.8) is 0 Å². The van der Waals surface area contributed by atoms with Gasteiger partial charge in [-0.25, -0.2) is 9.78 Å². The normalized spacial score (nSPS) is 16.0. The molecule has 8 heteroatoms. The van der Waals surface area contributed by atoms with Gasteiger partial charge in [0, 0.05) is 5.56 Å². The number of rotatable bonds is 3. The summed E-state index contributed by atoms with van der Waals surface area (Å²) in [5, 5.41) is 20.3. The standard InChI is InChI=1S/C18H14N2O4S2/c1-9-14(17(21)22)26-16(20-9)13-7-10-5-12(18(2)23-3-4-24-18)6-11(8-19)15(10)25-13/h5-7H,3-4H2,1-2H3,(H,21,22). The number of nitriles is 1. The van der Waals surface area contributed by atoms with Gasteiger partial charge in [-0.05, 0) is 37.4 Å². The third-order valence-electron chi connectivity index (χ3n) is 4.30. The molecule has 1 aliphatic heterocycles. The van der Waals surface area contributed by atoms with Gasteiger partial charge in [0.05, 0.1) is 34.0 Å². The Bertz CT molecular complexity index is 1070. The lowest BCUT2D eigenvalue weighted by atomic mass is 10.0. The van der Waals surface area contributed by atoms with E-state index in [1.54, 1.807) is 13.0 Å². The average Bonchev–Trinajstić information content (AvgIpc) is 3.31. The van der Waals surface area contributed by atoms with E-state index in [0.717, 1.165) is 31.9 Å². The molecular weight excluding hydrogens is 372 g/mol. The minimum atomic E-state index is -0.976. The maximum atomic E-state index is 11.3. The van der Waals surface area contributed by atoms with E-state index in [-0.39, 0.29) is 4.88 Å². The molecule has 1 aromatic carbocycles. The van der Waals surface area contributed by atoms with E-state index in [1.165, 1.54) is 11.3 Å². The van der Waals surface area contributed by atoms with Crippen LogP contribution in [0.4, 0.5) is 0 Å². The Labute approximate surface area is 157 Å². The number of thiazole rings is 1. The summed E-state index contributed by atoms with van der Waals surface area (Å²) >= 11 is 2.58. The topological polar surface area (TPSA) is 92.4 Å². The van der Waals surface area contributed by atoms with Gasteiger partial charge in [-0.3, -0.25) is 0 Å². The molecule has 0 bridgehead atoms. The van der Waals surface area contributed by atoms with Gasteiger partial charge >= 0.3 is 5.97 Å². The van der Waals surface area contributed by atoms with Crippen molar-refractivity contribution >= 4 is 38.7 Å². The van der Waals surface area contributed by atoms with Gasteiger partial charge < -0.3 is 14.6 Å². The molecule has 3 aromatic rings. The van der Waals surface area contributed by atoms with Crippen LogP contribution in [0.25, 0.3) is 20.0 Å². The number of aryl methyl sites for hydroxylation is 1. The molecule has 0 amide bonds. The lowest BCUT2D eigenvalue weighted by Gasteiger charge is -2.23. The number of aromatic nitrogens is 1. The van der Waals surface area contributed by atoms with E-state index >= 15 is 0 Å². The molecule has 1 fully saturated rings. The molecule has 0 unspecified atom stereocenters. The molecular formula is C18H14N2O4S2. The first-order chi connectivity index (χ1) is 12.4. The van der Waals surface area contributed by atoms with Crippen LogP contribution in [0.15, 0.2) is 18.2 Å². The van der Waals surface area contributed by atoms with Crippen LogP contribution in [0.5, 0.6) is 0 Å². The smallest absolute Gasteiger partial charge is 0.347 e. The zero-order chi connectivity index (χ0) is 18.5. The van der Waals surface area contributed by atoms with Crippen molar-refractivity contribution in [3.8, 4) is 16.0 Å². The number of fused-ring (bicyclic) bond motifs is 1. The average molecular weight is 386 g/mol. The molecule has 0 radical (unpaired) electrons. The second-order valence-corrected chi connectivity index (χ2v) is 8.10. The first-order valence-corrected chi connectivity index (χ1v) is 9.52. The number of ether oxygens (including phenoxy) is 2. The van der Waals surface area contributed by atoms with Crippen LogP contribution in [0.1, 0.15) is 33.4 Å². The van der Waals surface area contributed by atoms with Gasteiger partial charge in [0.25, 0.3) is 0 Å². The summed E-state index contributed by atoms with van der Waals surface area (Å²) < 4.78 is 12.3. The van der Waals surface area contributed by atoms with E-state index in [2.05, 4.69) is 11.1 Å². The number of hydrogen-bond donors (Lipinski definition) is 1. The molecule has 0 saturated carbocycles. The van der Waals surface area contributed by atoms with Crippen LogP contribution in [0, 0.1) is 18.3 Å². The third kappa shape index (κ3) is 2.70. The zero-order valence-corrected chi connectivity index (χ0v) is 15.7. The molecule has 0 spiro atoms. The lowest BCUT2D eigenvalue weighted by Crippen LogP contribution is -2.22. The van der Waals surface area contributed by atoms with Crippen LogP contribution in [0.3, 0.4) is 0 Å². The highest BCUT2D eigenvalue weighted by Gasteiger charge is 2.34. The first kappa shape index (κ1) is 17.1. The van der Waals surface area contributed by atoms with Gasteiger partial charge in [-0.1, -0.05) is 0 Å². The summed E-state index contributed by atoms with van der Waals surface area (Å²) in [6.45, 7) is 4.56. The Morgan fingerprint density at radius 3 is 2.65 bits per heavy atom. The number of aromatic carboxylic acids is 1. The zero-order valence-electron chi connectivity index (χ0n) is 14.0. The number of thiophene rings is 1. The van der Waals surface area contributed by atoms with Crippen molar-refractivity contribution in [1.29, 1.82) is 5.26 Å². The Morgan fingerprint density at radius 2 is 2.04 bits per heavy atom. The highest BCUT2D eigenvalue weighted by Crippen LogP contribution is 2.41. The number of carboxylic acids is 1. The Morgan fingerprint density at radius 1 is 1.31 bits per heavy atom. The van der Waals surface area contributed by atoms with Crippen molar-refractivity contribution in [2.24, 2.45) is 0 Å². The molecule has 1 N–H and O–H groups in total. The predicted octanol–water partition coefficient (Wildman–Crippen LogP) is 4.12. The Kier molecular flexibility index (Phi) is 4.04. The fraction of sp³-hybridized carbons (Fsp3) is 0.278. The van der Waals surface area contributed by atoms with Gasteiger partial charge in [0.15, 0.2) is 5.79 Å². The minimum absolute atomic E-state index is 0.235. The maximum Gasteiger partial charge on any atom is 0.347 e. The molecule has 0 aliphatic carbocycles. The summed E-state index contributed by atoms with van der Waals surface area (Å²) in [6, 6.07) is 7.93. The molecule has 1 aliphatic rings. The van der Waals surface area contributed by atoms with Crippen molar-refractivity contribution < 1.29 is 19.4 Å². The Hall–Kier alpha value is -2.31. The molecule has 6 nitrogen and oxygen atoms in total. The van der Waals surface area contributed by atoms with Crippen LogP contribution >= 0.6 is 22.7 Å². The first-order valence-electron chi connectivity index (χ1n) is 7.88. The van der Waals surface area contributed by atoms with Crippen LogP contribution in [-0.4, -0.2) is 29.3 Å². The van der Waals surface area contributed by atoms with Gasteiger partial charge in [0.2, 0.25) is 0 Å². The van der Waals surface area contributed by atoms with Crippen molar-refractivity contribution in [2.45, 2.75) is 19.6 Å². The number of nitrogens with zero attached hydrogens (tertiary/aromatic N) is 2. The SMILES string of the molecule is Cc1nc(-c2cc3cc(C4(C)OCCO4)cc(C#N)c3s2)sc1C(=O)O. The monoisotopic (exact) mass is 386 g/mol. The van der Waals surface area contributed by atoms with E-state index in [9.17, 15) is 15.2 Å². The molecule has 1 saturated heterocycles. The fourth-order valence-electron chi connectivity index (χ4n) is 2.99. The summed E-state index contributed by atoms with van der Waals surface area (Å²) in [5.74, 6) is -1.83. The van der Waals surface area contributed by atoms with Crippen molar-refractivity contribution in [3.05, 3.63) is 39.9 Å². The third-order valence-corrected chi connectivity index (χ3v) is 6.80. The van der Waals surface area contributed by atoms with E-state index in [0.29, 0.717) is 29.5 Å². The summed E-state index contributed by atoms with van der Waals surface area (Å²) in [5.41, 5.74) is 1.84. The number of carboxylic acid groups (broad SMARTS) is 1. The van der Waals surface area contributed by atoms with Crippen LogP contribution in [0.2, 0.25) is 0 Å². The van der Waals surface area contributed by atoms with Crippen molar-refractivity contribution in [1.82, 2.24) is 4.98 Å². The highest BCUT2D eigenvalue weighted by molar-refractivity contribution is 7.26. The minimum Gasteiger partial charge on any atom is -0.477 e. The fourth-order valence-corrected chi connectivity index (χ4v) is 5.04. The van der Waals surface area contributed by atoms with Gasteiger partial charge in [-0.2, -0.15) is 5.26 Å². The molecule has 26 heavy (non-hydrogen) atoms. The molecule has 2 aromatic heterocycles. The largest absolute Gasteiger partial charge is 0.477 e. The quantitative estimate of drug-likeness (QED) is 0.728. The van der Waals surface area contributed by atoms with E-state index < -0.39 is 11.8 Å². The predicted molar refractivity (Wildman–Crippen MR) is 98.6 cm³/mol. The second-order valence-electron chi connectivity index (χ2n) is 6.05. The second kappa shape index (κ2) is 6.14. The van der Waals surface area contributed by atoms with E-state index in [1.807, 2.05) is 19.1 Å². The molecule has 4 rings (SSSR count). The van der Waals surface area contributed by atoms with E-state index in [4.69, 9.17) is 9.47 Å². The molecule has 0 atom stereocenters. The Balaban J connectivity index is 1.86. The molecule has 3 heterocycles. The number of benzene rings is 1. The van der Waals surface area contributed by atoms with Gasteiger partial charge in [0.1, 0.15) is 16.0 Å². The number of hydrogen-bond acceptors (Lipinski definition) is 7.